The molecule has 1 rings (SSSR count). The van der Waals surface area contributed by atoms with Gasteiger partial charge in [0.2, 0.25) is 0 Å². The maximum atomic E-state index is 11.9. The number of hydrogen-bond acceptors (Lipinski definition) is 2. The summed E-state index contributed by atoms with van der Waals surface area (Å²) in [6.45, 7) is 3.26. The van der Waals surface area contributed by atoms with E-state index in [4.69, 9.17) is 4.74 Å². The number of carbonyl (C=O) groups is 1. The van der Waals surface area contributed by atoms with Gasteiger partial charge in [-0.25, -0.2) is 4.79 Å². The molecule has 0 aliphatic rings. The van der Waals surface area contributed by atoms with Crippen molar-refractivity contribution in [1.29, 1.82) is 0 Å². The summed E-state index contributed by atoms with van der Waals surface area (Å²) < 4.78 is 7.50. The van der Waals surface area contributed by atoms with Crippen LogP contribution in [-0.2, 0) is 6.54 Å². The molecule has 0 spiro atoms. The smallest absolute Gasteiger partial charge is 0.414 e. The highest BCUT2D eigenvalue weighted by molar-refractivity contribution is 5.70. The number of ether oxygens (including phenoxy) is 1. The van der Waals surface area contributed by atoms with Crippen molar-refractivity contribution >= 4 is 6.09 Å². The van der Waals surface area contributed by atoms with E-state index in [1.165, 1.54) is 50.0 Å². The molecule has 1 amide bonds. The first-order valence-electron chi connectivity index (χ1n) is 10.6. The number of amides is 1. The average molecular weight is 553 g/mol. The third-order valence-electron chi connectivity index (χ3n) is 4.98. The second-order valence-corrected chi connectivity index (χ2v) is 9.82. The monoisotopic (exact) mass is 551 g/mol. The summed E-state index contributed by atoms with van der Waals surface area (Å²) in [4.78, 5) is 13.4. The first kappa shape index (κ1) is 31.6. The molecule has 0 N–H and O–H groups in total. The minimum atomic E-state index is -0.331. The third-order valence-corrected chi connectivity index (χ3v) is 4.98. The lowest BCUT2D eigenvalue weighted by Gasteiger charge is -2.30. The zero-order valence-corrected chi connectivity index (χ0v) is 23.3. The highest BCUT2D eigenvalue weighted by Gasteiger charge is 2.19. The van der Waals surface area contributed by atoms with Crippen molar-refractivity contribution < 1.29 is 52.5 Å². The molecule has 7 heteroatoms. The van der Waals surface area contributed by atoms with Crippen molar-refractivity contribution in [1.82, 2.24) is 4.90 Å². The van der Waals surface area contributed by atoms with Crippen molar-refractivity contribution in [2.45, 2.75) is 45.1 Å². The number of unbranched alkanes of at least 4 members (excludes halogenated alkanes) is 5. The summed E-state index contributed by atoms with van der Waals surface area (Å²) in [6, 6.07) is 7.87. The number of halogens is 2. The predicted molar refractivity (Wildman–Crippen MR) is 117 cm³/mol. The summed E-state index contributed by atoms with van der Waals surface area (Å²) in [5, 5.41) is 0. The fraction of sp³-hybridized carbons (Fsp3) is 0.696. The Morgan fingerprint density at radius 2 is 1.33 bits per heavy atom. The van der Waals surface area contributed by atoms with E-state index < -0.39 is 0 Å². The van der Waals surface area contributed by atoms with Gasteiger partial charge in [0.15, 0.2) is 0 Å². The second kappa shape index (κ2) is 15.2. The van der Waals surface area contributed by atoms with E-state index in [1.54, 1.807) is 14.1 Å². The normalized spacial score (nSPS) is 11.3. The molecule has 0 fully saturated rings. The van der Waals surface area contributed by atoms with Gasteiger partial charge in [-0.3, -0.25) is 0 Å². The molecule has 0 aromatic heterocycles. The highest BCUT2D eigenvalue weighted by atomic mass is 79.9. The number of nitrogens with zero attached hydrogens (tertiary/aromatic N) is 3. The Morgan fingerprint density at radius 3 is 1.87 bits per heavy atom. The Bertz CT molecular complexity index is 602. The standard InChI is InChI=1S/C23H43N3O2.2BrH/c1-24(2)23(27)28-22-17-13-12-16-21(22)20-26(6,7)19-15-11-9-8-10-14-18-25(3,4)5;;/h12-13,16-17H,8-11,14-15,18-20H2,1-7H3;2*1H/q+2;;/p-2. The van der Waals surface area contributed by atoms with Crippen LogP contribution in [0.4, 0.5) is 4.79 Å². The van der Waals surface area contributed by atoms with Gasteiger partial charge in [0.1, 0.15) is 12.3 Å². The van der Waals surface area contributed by atoms with E-state index in [0.29, 0.717) is 5.75 Å². The van der Waals surface area contributed by atoms with E-state index in [1.807, 2.05) is 18.2 Å². The van der Waals surface area contributed by atoms with Crippen LogP contribution in [-0.4, -0.2) is 82.4 Å². The molecule has 1 aromatic carbocycles. The second-order valence-electron chi connectivity index (χ2n) is 9.82. The number of hydrogen-bond donors (Lipinski definition) is 0. The van der Waals surface area contributed by atoms with E-state index in [9.17, 15) is 4.79 Å². The fourth-order valence-corrected chi connectivity index (χ4v) is 3.29. The van der Waals surface area contributed by atoms with Crippen molar-refractivity contribution in [3.05, 3.63) is 29.8 Å². The molecule has 30 heavy (non-hydrogen) atoms. The molecule has 0 bridgehead atoms. The first-order chi connectivity index (χ1) is 13.0. The van der Waals surface area contributed by atoms with Crippen LogP contribution >= 0.6 is 0 Å². The van der Waals surface area contributed by atoms with Crippen molar-refractivity contribution in [3.8, 4) is 5.75 Å². The summed E-state index contributed by atoms with van der Waals surface area (Å²) in [6.07, 6.45) is 7.55. The van der Waals surface area contributed by atoms with Crippen LogP contribution < -0.4 is 38.7 Å². The van der Waals surface area contributed by atoms with Gasteiger partial charge in [-0.05, 0) is 37.8 Å². The Balaban J connectivity index is 0. The van der Waals surface area contributed by atoms with E-state index in [-0.39, 0.29) is 40.1 Å². The molecule has 176 valence electrons. The molecule has 0 saturated carbocycles. The quantitative estimate of drug-likeness (QED) is 0.230. The SMILES string of the molecule is CN(C)C(=O)Oc1ccccc1C[N+](C)(C)CCCCCCCC[N+](C)(C)C.[Br-].[Br-]. The topological polar surface area (TPSA) is 29.5 Å². The lowest BCUT2D eigenvalue weighted by atomic mass is 10.1. The number of para-hydroxylation sites is 1. The van der Waals surface area contributed by atoms with Crippen LogP contribution in [0.2, 0.25) is 0 Å². The Hall–Kier alpha value is -0.630. The summed E-state index contributed by atoms with van der Waals surface area (Å²) in [7, 11) is 14.7. The summed E-state index contributed by atoms with van der Waals surface area (Å²) in [5.41, 5.74) is 1.09. The van der Waals surface area contributed by atoms with Crippen LogP contribution in [0.3, 0.4) is 0 Å². The molecule has 0 aliphatic carbocycles. The van der Waals surface area contributed by atoms with Crippen LogP contribution in [0.1, 0.15) is 44.1 Å². The van der Waals surface area contributed by atoms with Crippen LogP contribution in [0.15, 0.2) is 24.3 Å². The largest absolute Gasteiger partial charge is 1.00 e. The first-order valence-corrected chi connectivity index (χ1v) is 10.6. The van der Waals surface area contributed by atoms with Gasteiger partial charge in [0, 0.05) is 19.7 Å². The summed E-state index contributed by atoms with van der Waals surface area (Å²) in [5.74, 6) is 0.671. The van der Waals surface area contributed by atoms with Gasteiger partial charge < -0.3 is 52.6 Å². The number of quaternary nitrogens is 2. The van der Waals surface area contributed by atoms with E-state index in [0.717, 1.165) is 27.6 Å². The van der Waals surface area contributed by atoms with Crippen LogP contribution in [0, 0.1) is 0 Å². The van der Waals surface area contributed by atoms with Crippen molar-refractivity contribution in [3.63, 3.8) is 0 Å². The molecule has 0 radical (unpaired) electrons. The lowest BCUT2D eigenvalue weighted by Crippen LogP contribution is -3.00. The number of carbonyl (C=O) groups excluding carboxylic acids is 1. The molecule has 0 atom stereocenters. The predicted octanol–water partition coefficient (Wildman–Crippen LogP) is -1.62. The lowest BCUT2D eigenvalue weighted by molar-refractivity contribution is -0.903. The Labute approximate surface area is 206 Å². The zero-order valence-electron chi connectivity index (χ0n) is 20.1. The van der Waals surface area contributed by atoms with Crippen LogP contribution in [0.5, 0.6) is 5.75 Å². The molecule has 0 heterocycles. The molecule has 0 aliphatic heterocycles. The van der Waals surface area contributed by atoms with Gasteiger partial charge in [0.05, 0.1) is 48.3 Å². The molecular weight excluding hydrogens is 510 g/mol. The van der Waals surface area contributed by atoms with Gasteiger partial charge in [-0.15, -0.1) is 0 Å². The molecule has 0 unspecified atom stereocenters. The Morgan fingerprint density at radius 1 is 0.833 bits per heavy atom. The van der Waals surface area contributed by atoms with Gasteiger partial charge >= 0.3 is 6.09 Å². The van der Waals surface area contributed by atoms with E-state index in [2.05, 4.69) is 41.3 Å². The third kappa shape index (κ3) is 14.4. The number of benzene rings is 1. The molecule has 0 saturated heterocycles. The maximum absolute atomic E-state index is 11.9. The number of rotatable bonds is 12. The average Bonchev–Trinajstić information content (AvgIpc) is 2.57. The molecule has 1 aromatic rings. The summed E-state index contributed by atoms with van der Waals surface area (Å²) >= 11 is 0. The molecular formula is C23H43Br2N3O2. The molecule has 5 nitrogen and oxygen atoms in total. The minimum Gasteiger partial charge on any atom is -1.00 e. The Kier molecular flexibility index (Phi) is 16.0. The fourth-order valence-electron chi connectivity index (χ4n) is 3.29. The van der Waals surface area contributed by atoms with Gasteiger partial charge in [-0.1, -0.05) is 25.0 Å². The van der Waals surface area contributed by atoms with Crippen LogP contribution in [0.25, 0.3) is 0 Å². The van der Waals surface area contributed by atoms with Gasteiger partial charge in [0.25, 0.3) is 0 Å². The minimum absolute atomic E-state index is 0. The van der Waals surface area contributed by atoms with Gasteiger partial charge in [-0.2, -0.15) is 0 Å². The van der Waals surface area contributed by atoms with Crippen molar-refractivity contribution in [2.24, 2.45) is 0 Å². The van der Waals surface area contributed by atoms with E-state index >= 15 is 0 Å². The highest BCUT2D eigenvalue weighted by Crippen LogP contribution is 2.23. The van der Waals surface area contributed by atoms with Crippen molar-refractivity contribution in [2.75, 3.05) is 62.4 Å². The maximum Gasteiger partial charge on any atom is 0.414 e. The zero-order chi connectivity index (χ0) is 21.2.